The predicted molar refractivity (Wildman–Crippen MR) is 162 cm³/mol. The number of nitrogens with zero attached hydrogens (tertiary/aromatic N) is 6. The fourth-order valence-electron chi connectivity index (χ4n) is 7.54. The number of fused-ring (bicyclic) bond motifs is 8. The number of H-pyrrole nitrogens is 1. The number of pyridine rings is 1. The van der Waals surface area contributed by atoms with Crippen LogP contribution in [0.3, 0.4) is 0 Å². The number of ether oxygens (including phenoxy) is 3. The Kier molecular flexibility index (Phi) is 7.22. The van der Waals surface area contributed by atoms with Crippen LogP contribution in [0, 0.1) is 5.82 Å². The van der Waals surface area contributed by atoms with Gasteiger partial charge in [-0.25, -0.2) is 13.6 Å². The Bertz CT molecular complexity index is 1810. The first-order valence-electron chi connectivity index (χ1n) is 15.4. The molecule has 3 fully saturated rings. The lowest BCUT2D eigenvalue weighted by Gasteiger charge is -2.34. The van der Waals surface area contributed by atoms with E-state index in [1.54, 1.807) is 18.5 Å². The zero-order chi connectivity index (χ0) is 30.7. The Labute approximate surface area is 262 Å². The number of benzene rings is 1. The number of nitrogens with one attached hydrogen (secondary N) is 1. The smallest absolute Gasteiger partial charge is 0.332 e. The van der Waals surface area contributed by atoms with Gasteiger partial charge in [0.15, 0.2) is 5.82 Å². The lowest BCUT2D eigenvalue weighted by molar-refractivity contribution is -0.154. The summed E-state index contributed by atoms with van der Waals surface area (Å²) >= 11 is 6.73. The standard InChI is InChI=1S/C31H32ClF2N7O4/c32-22-9-23-20(12-36-39-23)25-19(22)4-8-43-15-24(42)45-18-3-1-6-40(14-18)29-21-11-35-28(25)26(34)27(21)37-30(38-29)44-16-31-5-2-7-41(31)13-17(33)10-31/h9,11-12,17-18H,1-8,10,13-16H2,(H,36,39)/t17-,18-,31+/m1/s1. The van der Waals surface area contributed by atoms with E-state index in [0.717, 1.165) is 25.8 Å². The molecule has 0 aliphatic carbocycles. The van der Waals surface area contributed by atoms with Crippen molar-refractivity contribution in [2.75, 3.05) is 50.9 Å². The first-order valence-corrected chi connectivity index (χ1v) is 15.8. The van der Waals surface area contributed by atoms with Gasteiger partial charge in [-0.05, 0) is 50.3 Å². The monoisotopic (exact) mass is 639 g/mol. The molecular weight excluding hydrogens is 608 g/mol. The average molecular weight is 640 g/mol. The van der Waals surface area contributed by atoms with E-state index in [0.29, 0.717) is 70.7 Å². The number of aromatic nitrogens is 5. The third kappa shape index (κ3) is 5.05. The summed E-state index contributed by atoms with van der Waals surface area (Å²) < 4.78 is 49.1. The summed E-state index contributed by atoms with van der Waals surface area (Å²) in [4.78, 5) is 30.8. The Balaban J connectivity index is 1.29. The van der Waals surface area contributed by atoms with Crippen molar-refractivity contribution in [3.8, 4) is 17.3 Å². The second-order valence-electron chi connectivity index (χ2n) is 12.4. The van der Waals surface area contributed by atoms with Gasteiger partial charge in [-0.3, -0.25) is 15.0 Å². The van der Waals surface area contributed by atoms with Crippen molar-refractivity contribution in [1.29, 1.82) is 0 Å². The van der Waals surface area contributed by atoms with Crippen LogP contribution in [0.25, 0.3) is 33.1 Å². The zero-order valence-electron chi connectivity index (χ0n) is 24.5. The molecule has 3 aromatic heterocycles. The molecule has 1 aromatic carbocycles. The molecule has 3 atom stereocenters. The quantitative estimate of drug-likeness (QED) is 0.323. The number of aromatic amines is 1. The van der Waals surface area contributed by atoms with Crippen molar-refractivity contribution in [3.63, 3.8) is 0 Å². The van der Waals surface area contributed by atoms with E-state index in [4.69, 9.17) is 30.8 Å². The summed E-state index contributed by atoms with van der Waals surface area (Å²) in [5.41, 5.74) is 1.36. The van der Waals surface area contributed by atoms with Crippen LogP contribution in [-0.2, 0) is 20.7 Å². The van der Waals surface area contributed by atoms with Gasteiger partial charge in [-0.2, -0.15) is 15.1 Å². The van der Waals surface area contributed by atoms with E-state index in [2.05, 4.69) is 25.1 Å². The molecule has 6 bridgehead atoms. The largest absolute Gasteiger partial charge is 0.461 e. The highest BCUT2D eigenvalue weighted by atomic mass is 35.5. The van der Waals surface area contributed by atoms with Crippen LogP contribution in [0.4, 0.5) is 14.6 Å². The normalized spacial score (nSPS) is 25.7. The minimum absolute atomic E-state index is 0.00509. The van der Waals surface area contributed by atoms with Gasteiger partial charge in [0.1, 0.15) is 42.5 Å². The summed E-state index contributed by atoms with van der Waals surface area (Å²) in [7, 11) is 0. The summed E-state index contributed by atoms with van der Waals surface area (Å²) in [6.45, 7) is 2.31. The number of halogens is 3. The van der Waals surface area contributed by atoms with E-state index >= 15 is 4.39 Å². The van der Waals surface area contributed by atoms with Crippen molar-refractivity contribution in [2.24, 2.45) is 0 Å². The number of piperidine rings is 1. The SMILES string of the molecule is O=C1COCCc2c(Cl)cc3[nH]ncc3c2-c2ncc3c(nc(OC[C@@]45CCCN4C[C@H](F)C5)nc3c2F)N2CCC[C@H](C2)O1. The summed E-state index contributed by atoms with van der Waals surface area (Å²) in [6, 6.07) is 1.73. The van der Waals surface area contributed by atoms with E-state index in [9.17, 15) is 9.18 Å². The van der Waals surface area contributed by atoms with Crippen molar-refractivity contribution < 1.29 is 27.8 Å². The number of anilines is 1. The van der Waals surface area contributed by atoms with Gasteiger partial charge in [0.05, 0.1) is 35.8 Å². The number of esters is 1. The lowest BCUT2D eigenvalue weighted by atomic mass is 9.95. The summed E-state index contributed by atoms with van der Waals surface area (Å²) in [5.74, 6) is -0.667. The first kappa shape index (κ1) is 28.8. The maximum absolute atomic E-state index is 16.9. The molecule has 1 N–H and O–H groups in total. The lowest BCUT2D eigenvalue weighted by Crippen LogP contribution is -2.43. The second-order valence-corrected chi connectivity index (χ2v) is 12.8. The minimum Gasteiger partial charge on any atom is -0.461 e. The molecule has 3 saturated heterocycles. The molecule has 0 radical (unpaired) electrons. The van der Waals surface area contributed by atoms with E-state index in [-0.39, 0.29) is 43.5 Å². The van der Waals surface area contributed by atoms with Crippen molar-refractivity contribution in [3.05, 3.63) is 34.9 Å². The van der Waals surface area contributed by atoms with Crippen LogP contribution in [0.15, 0.2) is 18.5 Å². The third-order valence-corrected chi connectivity index (χ3v) is 9.94. The summed E-state index contributed by atoms with van der Waals surface area (Å²) in [6.07, 6.45) is 5.73. The molecule has 0 unspecified atom stereocenters. The van der Waals surface area contributed by atoms with Gasteiger partial charge in [0, 0.05) is 41.7 Å². The van der Waals surface area contributed by atoms with E-state index in [1.807, 2.05) is 4.90 Å². The van der Waals surface area contributed by atoms with E-state index < -0.39 is 29.6 Å². The zero-order valence-corrected chi connectivity index (χ0v) is 25.3. The Hall–Kier alpha value is -3.68. The van der Waals surface area contributed by atoms with Gasteiger partial charge < -0.3 is 19.1 Å². The maximum atomic E-state index is 16.9. The number of hydrogen-bond acceptors (Lipinski definition) is 10. The van der Waals surface area contributed by atoms with Gasteiger partial charge in [0.25, 0.3) is 0 Å². The highest BCUT2D eigenvalue weighted by Gasteiger charge is 2.49. The highest BCUT2D eigenvalue weighted by molar-refractivity contribution is 6.33. The minimum atomic E-state index is -0.912. The number of rotatable bonds is 3. The van der Waals surface area contributed by atoms with Crippen LogP contribution in [0.2, 0.25) is 5.02 Å². The molecule has 8 heterocycles. The molecule has 14 heteroatoms. The second kappa shape index (κ2) is 11.3. The Morgan fingerprint density at radius 1 is 1.18 bits per heavy atom. The Morgan fingerprint density at radius 2 is 2.09 bits per heavy atom. The van der Waals surface area contributed by atoms with Gasteiger partial charge >= 0.3 is 12.0 Å². The van der Waals surface area contributed by atoms with E-state index in [1.165, 1.54) is 0 Å². The number of carbonyl (C=O) groups excluding carboxylic acids is 1. The number of hydrogen-bond donors (Lipinski definition) is 1. The number of alkyl halides is 1. The molecule has 9 rings (SSSR count). The molecule has 4 aromatic rings. The molecule has 5 aliphatic rings. The molecule has 236 valence electrons. The van der Waals surface area contributed by atoms with Gasteiger partial charge in [-0.1, -0.05) is 11.6 Å². The Morgan fingerprint density at radius 3 is 3.00 bits per heavy atom. The van der Waals surface area contributed by atoms with Crippen LogP contribution >= 0.6 is 11.6 Å². The topological polar surface area (TPSA) is 119 Å². The molecule has 0 saturated carbocycles. The first-order chi connectivity index (χ1) is 21.9. The van der Waals surface area contributed by atoms with Crippen molar-refractivity contribution in [2.45, 2.75) is 56.3 Å². The van der Waals surface area contributed by atoms with Crippen LogP contribution in [-0.4, -0.2) is 99.8 Å². The fraction of sp³-hybridized carbons (Fsp3) is 0.516. The fourth-order valence-corrected chi connectivity index (χ4v) is 7.84. The van der Waals surface area contributed by atoms with Crippen molar-refractivity contribution >= 4 is 45.2 Å². The number of carbonyl (C=O) groups is 1. The molecule has 11 nitrogen and oxygen atoms in total. The van der Waals surface area contributed by atoms with Crippen LogP contribution in [0.1, 0.15) is 37.7 Å². The maximum Gasteiger partial charge on any atom is 0.332 e. The van der Waals surface area contributed by atoms with Crippen LogP contribution < -0.4 is 9.64 Å². The third-order valence-electron chi connectivity index (χ3n) is 9.60. The average Bonchev–Trinajstić information content (AvgIpc) is 3.72. The summed E-state index contributed by atoms with van der Waals surface area (Å²) in [5, 5.41) is 8.49. The molecule has 5 aliphatic heterocycles. The molecule has 0 amide bonds. The van der Waals surface area contributed by atoms with Crippen molar-refractivity contribution in [1.82, 2.24) is 30.0 Å². The van der Waals surface area contributed by atoms with Gasteiger partial charge in [-0.15, -0.1) is 0 Å². The molecule has 45 heavy (non-hydrogen) atoms. The highest BCUT2D eigenvalue weighted by Crippen LogP contribution is 2.42. The molecular formula is C31H32ClF2N7O4. The van der Waals surface area contributed by atoms with Crippen LogP contribution in [0.5, 0.6) is 6.01 Å². The molecule has 0 spiro atoms. The predicted octanol–water partition coefficient (Wildman–Crippen LogP) is 4.40. The van der Waals surface area contributed by atoms with Gasteiger partial charge in [0.2, 0.25) is 0 Å².